The smallest absolute Gasteiger partial charge is 0.243 e. The summed E-state index contributed by atoms with van der Waals surface area (Å²) in [5, 5.41) is 0. The summed E-state index contributed by atoms with van der Waals surface area (Å²) in [6.45, 7) is 15.5. The van der Waals surface area contributed by atoms with Crippen molar-refractivity contribution in [3.8, 4) is 0 Å². The van der Waals surface area contributed by atoms with Crippen LogP contribution >= 0.6 is 0 Å². The van der Waals surface area contributed by atoms with Crippen molar-refractivity contribution in [1.29, 1.82) is 0 Å². The van der Waals surface area contributed by atoms with Crippen molar-refractivity contribution in [1.82, 2.24) is 9.21 Å². The van der Waals surface area contributed by atoms with Gasteiger partial charge in [-0.1, -0.05) is 13.8 Å². The summed E-state index contributed by atoms with van der Waals surface area (Å²) in [5.41, 5.74) is 4.91. The van der Waals surface area contributed by atoms with Gasteiger partial charge in [0.25, 0.3) is 0 Å². The monoisotopic (exact) mass is 380 g/mol. The molecule has 1 aliphatic rings. The Morgan fingerprint density at radius 1 is 0.846 bits per heavy atom. The number of benzene rings is 1. The second-order valence-electron chi connectivity index (χ2n) is 7.84. The van der Waals surface area contributed by atoms with Crippen molar-refractivity contribution < 1.29 is 13.2 Å². The minimum atomic E-state index is -3.56. The van der Waals surface area contributed by atoms with Gasteiger partial charge >= 0.3 is 0 Å². The molecule has 1 aromatic carbocycles. The highest BCUT2D eigenvalue weighted by Gasteiger charge is 2.33. The Kier molecular flexibility index (Phi) is 6.18. The highest BCUT2D eigenvalue weighted by molar-refractivity contribution is 7.89. The van der Waals surface area contributed by atoms with E-state index in [1.807, 2.05) is 48.5 Å². The molecule has 0 aliphatic carbocycles. The summed E-state index contributed by atoms with van der Waals surface area (Å²) < 4.78 is 28.2. The largest absolute Gasteiger partial charge is 0.340 e. The molecule has 0 spiro atoms. The maximum Gasteiger partial charge on any atom is 0.243 e. The van der Waals surface area contributed by atoms with Crippen molar-refractivity contribution in [2.24, 2.45) is 5.92 Å². The van der Waals surface area contributed by atoms with Gasteiger partial charge in [-0.25, -0.2) is 8.42 Å². The molecule has 1 aliphatic heterocycles. The van der Waals surface area contributed by atoms with E-state index in [1.54, 1.807) is 4.90 Å². The van der Waals surface area contributed by atoms with E-state index in [1.165, 1.54) is 4.31 Å². The van der Waals surface area contributed by atoms with Crippen LogP contribution < -0.4 is 0 Å². The number of sulfonamides is 1. The van der Waals surface area contributed by atoms with Crippen molar-refractivity contribution in [3.63, 3.8) is 0 Å². The first-order chi connectivity index (χ1) is 12.0. The van der Waals surface area contributed by atoms with Gasteiger partial charge in [-0.3, -0.25) is 4.79 Å². The second kappa shape index (κ2) is 7.69. The van der Waals surface area contributed by atoms with E-state index < -0.39 is 10.0 Å². The van der Waals surface area contributed by atoms with E-state index in [-0.39, 0.29) is 5.91 Å². The molecule has 1 aromatic rings. The van der Waals surface area contributed by atoms with Crippen LogP contribution in [0.4, 0.5) is 0 Å². The molecule has 1 heterocycles. The van der Waals surface area contributed by atoms with Gasteiger partial charge in [-0.05, 0) is 68.4 Å². The molecule has 5 nitrogen and oxygen atoms in total. The Bertz CT molecular complexity index is 776. The minimum absolute atomic E-state index is 0.117. The molecule has 1 amide bonds. The predicted octanol–water partition coefficient (Wildman–Crippen LogP) is 3.11. The fraction of sp³-hybridized carbons (Fsp3) is 0.650. The first kappa shape index (κ1) is 20.9. The molecule has 1 saturated heterocycles. The zero-order valence-electron chi connectivity index (χ0n) is 17.1. The fourth-order valence-corrected chi connectivity index (χ4v) is 5.62. The average Bonchev–Trinajstić information content (AvgIpc) is 2.57. The number of rotatable bonds is 4. The number of carbonyl (C=O) groups is 1. The van der Waals surface area contributed by atoms with Crippen LogP contribution in [0.1, 0.15) is 48.1 Å². The lowest BCUT2D eigenvalue weighted by atomic mass is 9.95. The van der Waals surface area contributed by atoms with Gasteiger partial charge in [0.05, 0.1) is 4.90 Å². The van der Waals surface area contributed by atoms with E-state index in [2.05, 4.69) is 0 Å². The van der Waals surface area contributed by atoms with Crippen molar-refractivity contribution in [3.05, 3.63) is 27.8 Å². The number of carbonyl (C=O) groups excluding carboxylic acids is 1. The molecule has 0 atom stereocenters. The Hall–Kier alpha value is -1.40. The van der Waals surface area contributed by atoms with Crippen LogP contribution in [0.5, 0.6) is 0 Å². The molecule has 0 aromatic heterocycles. The van der Waals surface area contributed by atoms with E-state index >= 15 is 0 Å². The van der Waals surface area contributed by atoms with Crippen LogP contribution in [0.25, 0.3) is 0 Å². The van der Waals surface area contributed by atoms with Crippen LogP contribution in [-0.2, 0) is 14.8 Å². The molecule has 0 bridgehead atoms. The lowest BCUT2D eigenvalue weighted by molar-refractivity contribution is -0.133. The van der Waals surface area contributed by atoms with Gasteiger partial charge in [0, 0.05) is 32.6 Å². The van der Waals surface area contributed by atoms with Gasteiger partial charge in [0.15, 0.2) is 0 Å². The summed E-state index contributed by atoms with van der Waals surface area (Å²) in [5.74, 6) is 0.430. The quantitative estimate of drug-likeness (QED) is 0.806. The second-order valence-corrected chi connectivity index (χ2v) is 9.71. The maximum absolute atomic E-state index is 13.3. The molecular weight excluding hydrogens is 348 g/mol. The Morgan fingerprint density at radius 2 is 1.27 bits per heavy atom. The summed E-state index contributed by atoms with van der Waals surface area (Å²) in [6.07, 6.45) is 0.515. The summed E-state index contributed by atoms with van der Waals surface area (Å²) in [4.78, 5) is 14.5. The molecule has 0 unspecified atom stereocenters. The summed E-state index contributed by atoms with van der Waals surface area (Å²) in [6, 6.07) is 0. The Labute approximate surface area is 158 Å². The summed E-state index contributed by atoms with van der Waals surface area (Å²) in [7, 11) is -3.56. The topological polar surface area (TPSA) is 57.7 Å². The van der Waals surface area contributed by atoms with E-state index in [4.69, 9.17) is 0 Å². The third-order valence-electron chi connectivity index (χ3n) is 5.70. The van der Waals surface area contributed by atoms with Crippen LogP contribution in [0.15, 0.2) is 4.90 Å². The molecule has 1 fully saturated rings. The molecule has 2 rings (SSSR count). The van der Waals surface area contributed by atoms with Gasteiger partial charge in [-0.15, -0.1) is 0 Å². The average molecular weight is 381 g/mol. The van der Waals surface area contributed by atoms with Crippen molar-refractivity contribution in [2.45, 2.75) is 59.8 Å². The molecule has 146 valence electrons. The third-order valence-corrected chi connectivity index (χ3v) is 7.88. The zero-order valence-corrected chi connectivity index (χ0v) is 18.0. The van der Waals surface area contributed by atoms with Crippen LogP contribution in [0.2, 0.25) is 0 Å². The molecule has 0 radical (unpaired) electrons. The number of nitrogens with zero attached hydrogens (tertiary/aromatic N) is 2. The normalized spacial score (nSPS) is 16.4. The van der Waals surface area contributed by atoms with Crippen LogP contribution in [-0.4, -0.2) is 49.7 Å². The lowest BCUT2D eigenvalue weighted by Gasteiger charge is -2.35. The van der Waals surface area contributed by atoms with Gasteiger partial charge in [0.1, 0.15) is 0 Å². The molecule has 0 saturated carbocycles. The number of hydrogen-bond acceptors (Lipinski definition) is 3. The van der Waals surface area contributed by atoms with Crippen LogP contribution in [0.3, 0.4) is 0 Å². The van der Waals surface area contributed by atoms with Gasteiger partial charge in [0.2, 0.25) is 15.9 Å². The molecule has 26 heavy (non-hydrogen) atoms. The lowest BCUT2D eigenvalue weighted by Crippen LogP contribution is -2.50. The fourth-order valence-electron chi connectivity index (χ4n) is 3.64. The number of amides is 1. The SMILES string of the molecule is Cc1c(C)c(C)c(S(=O)(=O)N2CCN(C(=O)CC(C)C)CC2)c(C)c1C. The minimum Gasteiger partial charge on any atom is -0.340 e. The summed E-state index contributed by atoms with van der Waals surface area (Å²) >= 11 is 0. The van der Waals surface area contributed by atoms with E-state index in [9.17, 15) is 13.2 Å². The number of piperazine rings is 1. The molecule has 6 heteroatoms. The van der Waals surface area contributed by atoms with Crippen molar-refractivity contribution >= 4 is 15.9 Å². The Morgan fingerprint density at radius 3 is 1.69 bits per heavy atom. The number of hydrogen-bond donors (Lipinski definition) is 0. The maximum atomic E-state index is 13.3. The Balaban J connectivity index is 2.27. The van der Waals surface area contributed by atoms with E-state index in [0.29, 0.717) is 43.4 Å². The standard InChI is InChI=1S/C20H32N2O3S/c1-13(2)12-19(23)21-8-10-22(11-9-21)26(24,25)20-17(6)15(4)14(3)16(5)18(20)7/h13H,8-12H2,1-7H3. The van der Waals surface area contributed by atoms with Crippen molar-refractivity contribution in [2.75, 3.05) is 26.2 Å². The first-order valence-corrected chi connectivity index (χ1v) is 10.8. The third kappa shape index (κ3) is 3.81. The molecule has 0 N–H and O–H groups in total. The predicted molar refractivity (Wildman–Crippen MR) is 105 cm³/mol. The van der Waals surface area contributed by atoms with E-state index in [0.717, 1.165) is 27.8 Å². The van der Waals surface area contributed by atoms with Gasteiger partial charge in [-0.2, -0.15) is 4.31 Å². The highest BCUT2D eigenvalue weighted by atomic mass is 32.2. The zero-order chi connectivity index (χ0) is 19.8. The first-order valence-electron chi connectivity index (χ1n) is 9.33. The van der Waals surface area contributed by atoms with Gasteiger partial charge < -0.3 is 4.90 Å². The van der Waals surface area contributed by atoms with Crippen LogP contribution in [0, 0.1) is 40.5 Å². The highest BCUT2D eigenvalue weighted by Crippen LogP contribution is 2.32. The molecular formula is C20H32N2O3S.